The fourth-order valence-electron chi connectivity index (χ4n) is 4.18. The number of piperazine rings is 1. The maximum absolute atomic E-state index is 5.63. The molecular weight excluding hydrogens is 402 g/mol. The van der Waals surface area contributed by atoms with Gasteiger partial charge in [-0.2, -0.15) is 4.98 Å². The molecule has 0 amide bonds. The summed E-state index contributed by atoms with van der Waals surface area (Å²) in [4.78, 5) is 18.2. The number of benzene rings is 2. The number of oxazole rings is 1. The summed E-state index contributed by atoms with van der Waals surface area (Å²) in [6.07, 6.45) is 4.32. The summed E-state index contributed by atoms with van der Waals surface area (Å²) >= 11 is 0. The van der Waals surface area contributed by atoms with Gasteiger partial charge >= 0.3 is 0 Å². The molecule has 2 aliphatic rings. The quantitative estimate of drug-likeness (QED) is 0.500. The van der Waals surface area contributed by atoms with E-state index < -0.39 is 0 Å². The third-order valence-corrected chi connectivity index (χ3v) is 6.04. The topological polar surface area (TPSA) is 96.3 Å². The molecule has 2 fully saturated rings. The summed E-state index contributed by atoms with van der Waals surface area (Å²) in [6, 6.07) is 12.2. The van der Waals surface area contributed by atoms with E-state index in [1.165, 1.54) is 25.9 Å². The van der Waals surface area contributed by atoms with Crippen molar-refractivity contribution in [2.45, 2.75) is 12.8 Å². The number of likely N-dealkylation sites (N-methyl/N-ethyl adjacent to an activating group) is 1. The summed E-state index contributed by atoms with van der Waals surface area (Å²) in [5.41, 5.74) is 11.0. The molecule has 3 N–H and O–H groups in total. The van der Waals surface area contributed by atoms with Crippen molar-refractivity contribution in [3.05, 3.63) is 42.6 Å². The van der Waals surface area contributed by atoms with Crippen LogP contribution in [0.3, 0.4) is 0 Å². The summed E-state index contributed by atoms with van der Waals surface area (Å²) in [6.45, 7) is 6.86. The van der Waals surface area contributed by atoms with Crippen LogP contribution in [-0.4, -0.2) is 66.2 Å². The third kappa shape index (κ3) is 4.51. The molecule has 0 saturated carbocycles. The first-order valence-corrected chi connectivity index (χ1v) is 11.2. The van der Waals surface area contributed by atoms with Gasteiger partial charge in [0, 0.05) is 39.3 Å². The highest BCUT2D eigenvalue weighted by molar-refractivity contribution is 5.86. The molecule has 0 unspecified atom stereocenters. The normalized spacial score (nSPS) is 17.0. The Morgan fingerprint density at radius 2 is 1.59 bits per heavy atom. The van der Waals surface area contributed by atoms with Crippen LogP contribution in [0, 0.1) is 0 Å². The van der Waals surface area contributed by atoms with Crippen molar-refractivity contribution < 1.29 is 4.42 Å². The molecule has 2 aromatic carbocycles. The Morgan fingerprint density at radius 3 is 2.31 bits per heavy atom. The van der Waals surface area contributed by atoms with E-state index >= 15 is 0 Å². The zero-order valence-corrected chi connectivity index (χ0v) is 18.4. The second-order valence-electron chi connectivity index (χ2n) is 8.41. The standard InChI is InChI=1S/C19H17N5O.C5H12N2/c20-19-23-16-10-13(4-6-17(16)25-19)12-3-5-14-15(9-12)22-18(11-21-14)24-7-1-2-8-24;1-7-4-2-6-3-5-7/h3-6,9-11H,1-2,7-8H2,(H2,20,23);6H,2-5H2,1H3. The lowest BCUT2D eigenvalue weighted by Gasteiger charge is -2.21. The van der Waals surface area contributed by atoms with Gasteiger partial charge in [-0.1, -0.05) is 12.1 Å². The molecule has 0 radical (unpaired) electrons. The van der Waals surface area contributed by atoms with Gasteiger partial charge in [-0.25, -0.2) is 4.98 Å². The van der Waals surface area contributed by atoms with Gasteiger partial charge in [-0.3, -0.25) is 4.98 Å². The Bertz CT molecular complexity index is 1210. The minimum absolute atomic E-state index is 0.187. The number of hydrogen-bond acceptors (Lipinski definition) is 8. The highest BCUT2D eigenvalue weighted by Crippen LogP contribution is 2.28. The first-order valence-electron chi connectivity index (χ1n) is 11.2. The highest BCUT2D eigenvalue weighted by Gasteiger charge is 2.14. The summed E-state index contributed by atoms with van der Waals surface area (Å²) in [5, 5.41) is 3.27. The van der Waals surface area contributed by atoms with E-state index in [1.807, 2.05) is 30.5 Å². The first kappa shape index (κ1) is 20.7. The molecule has 2 saturated heterocycles. The molecule has 8 nitrogen and oxygen atoms in total. The second kappa shape index (κ2) is 9.10. The average molecular weight is 432 g/mol. The Labute approximate surface area is 187 Å². The van der Waals surface area contributed by atoms with Crippen LogP contribution in [0.15, 0.2) is 47.0 Å². The molecule has 4 aromatic rings. The Morgan fingerprint density at radius 1 is 0.875 bits per heavy atom. The van der Waals surface area contributed by atoms with Crippen molar-refractivity contribution in [3.8, 4) is 11.1 Å². The van der Waals surface area contributed by atoms with E-state index in [-0.39, 0.29) is 6.01 Å². The van der Waals surface area contributed by atoms with E-state index in [2.05, 4.69) is 44.3 Å². The molecular formula is C24H29N7O. The van der Waals surface area contributed by atoms with Crippen LogP contribution in [0.25, 0.3) is 33.3 Å². The molecule has 0 atom stereocenters. The van der Waals surface area contributed by atoms with Gasteiger partial charge in [0.2, 0.25) is 0 Å². The number of rotatable bonds is 2. The van der Waals surface area contributed by atoms with Gasteiger partial charge in [0.15, 0.2) is 5.58 Å². The van der Waals surface area contributed by atoms with E-state index in [1.54, 1.807) is 0 Å². The van der Waals surface area contributed by atoms with Crippen molar-refractivity contribution >= 4 is 34.0 Å². The zero-order valence-electron chi connectivity index (χ0n) is 18.4. The molecule has 4 heterocycles. The number of nitrogen functional groups attached to an aromatic ring is 1. The zero-order chi connectivity index (χ0) is 21.9. The fourth-order valence-corrected chi connectivity index (χ4v) is 4.18. The largest absolute Gasteiger partial charge is 0.424 e. The Hall–Kier alpha value is -3.23. The number of nitrogens with zero attached hydrogens (tertiary/aromatic N) is 5. The van der Waals surface area contributed by atoms with Gasteiger partial charge in [0.05, 0.1) is 17.2 Å². The van der Waals surface area contributed by atoms with Crippen LogP contribution >= 0.6 is 0 Å². The smallest absolute Gasteiger partial charge is 0.292 e. The molecule has 166 valence electrons. The lowest BCUT2D eigenvalue weighted by Crippen LogP contribution is -2.40. The third-order valence-electron chi connectivity index (χ3n) is 6.04. The van der Waals surface area contributed by atoms with Gasteiger partial charge in [-0.15, -0.1) is 0 Å². The number of nitrogens with one attached hydrogen (secondary N) is 1. The summed E-state index contributed by atoms with van der Waals surface area (Å²) in [5.74, 6) is 0.960. The molecule has 0 aliphatic carbocycles. The lowest BCUT2D eigenvalue weighted by atomic mass is 10.0. The minimum Gasteiger partial charge on any atom is -0.424 e. The van der Waals surface area contributed by atoms with Crippen LogP contribution in [0.5, 0.6) is 0 Å². The van der Waals surface area contributed by atoms with Crippen LogP contribution in [0.4, 0.5) is 11.8 Å². The predicted molar refractivity (Wildman–Crippen MR) is 129 cm³/mol. The van der Waals surface area contributed by atoms with Gasteiger partial charge in [0.1, 0.15) is 11.3 Å². The number of nitrogens with two attached hydrogens (primary N) is 1. The van der Waals surface area contributed by atoms with E-state index in [0.717, 1.165) is 59.7 Å². The van der Waals surface area contributed by atoms with Crippen molar-refractivity contribution in [3.63, 3.8) is 0 Å². The summed E-state index contributed by atoms with van der Waals surface area (Å²) in [7, 11) is 2.15. The van der Waals surface area contributed by atoms with Crippen LogP contribution < -0.4 is 16.0 Å². The van der Waals surface area contributed by atoms with Crippen LogP contribution in [0.2, 0.25) is 0 Å². The molecule has 8 heteroatoms. The van der Waals surface area contributed by atoms with Crippen LogP contribution in [0.1, 0.15) is 12.8 Å². The highest BCUT2D eigenvalue weighted by atomic mass is 16.4. The SMILES string of the molecule is CN1CCNCC1.Nc1nc2cc(-c3ccc4ncc(N5CCCC5)nc4c3)ccc2o1. The predicted octanol–water partition coefficient (Wildman–Crippen LogP) is 3.14. The Balaban J connectivity index is 0.000000265. The summed E-state index contributed by atoms with van der Waals surface area (Å²) < 4.78 is 5.34. The fraction of sp³-hybridized carbons (Fsp3) is 0.375. The molecule has 0 bridgehead atoms. The van der Waals surface area contributed by atoms with Crippen molar-refractivity contribution in [2.75, 3.05) is 56.9 Å². The number of anilines is 2. The van der Waals surface area contributed by atoms with E-state index in [0.29, 0.717) is 5.58 Å². The molecule has 0 spiro atoms. The van der Waals surface area contributed by atoms with Crippen molar-refractivity contribution in [1.29, 1.82) is 0 Å². The van der Waals surface area contributed by atoms with E-state index in [9.17, 15) is 0 Å². The number of aromatic nitrogens is 3. The van der Waals surface area contributed by atoms with Crippen LogP contribution in [-0.2, 0) is 0 Å². The molecule has 32 heavy (non-hydrogen) atoms. The first-order chi connectivity index (χ1) is 15.7. The number of hydrogen-bond donors (Lipinski definition) is 2. The average Bonchev–Trinajstić information content (AvgIpc) is 3.48. The van der Waals surface area contributed by atoms with Crippen molar-refractivity contribution in [2.24, 2.45) is 0 Å². The number of fused-ring (bicyclic) bond motifs is 2. The maximum Gasteiger partial charge on any atom is 0.292 e. The molecule has 2 aromatic heterocycles. The molecule has 2 aliphatic heterocycles. The molecule has 6 rings (SSSR count). The van der Waals surface area contributed by atoms with E-state index in [4.69, 9.17) is 15.1 Å². The maximum atomic E-state index is 5.63. The Kier molecular flexibility index (Phi) is 5.87. The van der Waals surface area contributed by atoms with Crippen molar-refractivity contribution in [1.82, 2.24) is 25.2 Å². The monoisotopic (exact) mass is 431 g/mol. The minimum atomic E-state index is 0.187. The lowest BCUT2D eigenvalue weighted by molar-refractivity contribution is 0.291. The van der Waals surface area contributed by atoms with Gasteiger partial charge in [-0.05, 0) is 55.3 Å². The van der Waals surface area contributed by atoms with Gasteiger partial charge in [0.25, 0.3) is 6.01 Å². The van der Waals surface area contributed by atoms with Gasteiger partial charge < -0.3 is 25.3 Å². The second-order valence-corrected chi connectivity index (χ2v) is 8.41.